The fraction of sp³-hybridized carbons (Fsp3) is 0.533. The van der Waals surface area contributed by atoms with E-state index in [0.717, 1.165) is 45.6 Å². The summed E-state index contributed by atoms with van der Waals surface area (Å²) in [6, 6.07) is 5.81. The van der Waals surface area contributed by atoms with Crippen LogP contribution in [0.5, 0.6) is 0 Å². The van der Waals surface area contributed by atoms with Crippen LogP contribution in [0.25, 0.3) is 0 Å². The molecule has 104 valence electrons. The van der Waals surface area contributed by atoms with Crippen molar-refractivity contribution in [1.82, 2.24) is 10.2 Å². The zero-order valence-corrected chi connectivity index (χ0v) is 11.2. The highest BCUT2D eigenvalue weighted by Gasteiger charge is 2.09. The largest absolute Gasteiger partial charge is 0.314 e. The van der Waals surface area contributed by atoms with Crippen LogP contribution in [0.2, 0.25) is 0 Å². The van der Waals surface area contributed by atoms with Crippen LogP contribution < -0.4 is 5.32 Å². The van der Waals surface area contributed by atoms with Gasteiger partial charge in [-0.25, -0.2) is 4.39 Å². The predicted octanol–water partition coefficient (Wildman–Crippen LogP) is 2.08. The molecular formula is C15H21FN2O. The Morgan fingerprint density at radius 3 is 2.53 bits per heavy atom. The van der Waals surface area contributed by atoms with Crippen molar-refractivity contribution in [2.24, 2.45) is 0 Å². The Balaban J connectivity index is 1.64. The van der Waals surface area contributed by atoms with E-state index >= 15 is 0 Å². The first kappa shape index (κ1) is 14.2. The number of rotatable bonds is 6. The zero-order valence-electron chi connectivity index (χ0n) is 11.2. The van der Waals surface area contributed by atoms with E-state index in [9.17, 15) is 9.18 Å². The molecule has 1 aromatic carbocycles. The summed E-state index contributed by atoms with van der Waals surface area (Å²) in [5, 5.41) is 3.32. The molecule has 1 aliphatic rings. The second-order valence-corrected chi connectivity index (χ2v) is 4.98. The van der Waals surface area contributed by atoms with Gasteiger partial charge in [0.1, 0.15) is 5.82 Å². The molecule has 0 atom stereocenters. The Morgan fingerprint density at radius 1 is 1.16 bits per heavy atom. The SMILES string of the molecule is O=C(CCCCN1CCNCC1)c1ccc(F)cc1. The summed E-state index contributed by atoms with van der Waals surface area (Å²) >= 11 is 0. The standard InChI is InChI=1S/C15H21FN2O/c16-14-6-4-13(5-7-14)15(19)3-1-2-10-18-11-8-17-9-12-18/h4-7,17H,1-3,8-12H2. The van der Waals surface area contributed by atoms with E-state index in [-0.39, 0.29) is 11.6 Å². The van der Waals surface area contributed by atoms with Gasteiger partial charge >= 0.3 is 0 Å². The Morgan fingerprint density at radius 2 is 1.84 bits per heavy atom. The van der Waals surface area contributed by atoms with Gasteiger partial charge < -0.3 is 10.2 Å². The number of hydrogen-bond donors (Lipinski definition) is 1. The third-order valence-electron chi connectivity index (χ3n) is 3.50. The van der Waals surface area contributed by atoms with Gasteiger partial charge in [-0.1, -0.05) is 0 Å². The lowest BCUT2D eigenvalue weighted by atomic mass is 10.1. The predicted molar refractivity (Wildman–Crippen MR) is 73.9 cm³/mol. The molecule has 0 amide bonds. The minimum absolute atomic E-state index is 0.111. The molecule has 1 saturated heterocycles. The van der Waals surface area contributed by atoms with Crippen LogP contribution in [-0.2, 0) is 0 Å². The van der Waals surface area contributed by atoms with Crippen LogP contribution in [0.15, 0.2) is 24.3 Å². The molecule has 0 spiro atoms. The van der Waals surface area contributed by atoms with Crippen molar-refractivity contribution in [3.63, 3.8) is 0 Å². The second-order valence-electron chi connectivity index (χ2n) is 4.98. The molecule has 1 fully saturated rings. The van der Waals surface area contributed by atoms with Crippen LogP contribution in [0.1, 0.15) is 29.6 Å². The van der Waals surface area contributed by atoms with Crippen LogP contribution in [0, 0.1) is 5.82 Å². The molecule has 1 aliphatic heterocycles. The smallest absolute Gasteiger partial charge is 0.162 e. The van der Waals surface area contributed by atoms with E-state index in [1.165, 1.54) is 12.1 Å². The number of piperazine rings is 1. The van der Waals surface area contributed by atoms with E-state index < -0.39 is 0 Å². The lowest BCUT2D eigenvalue weighted by molar-refractivity contribution is 0.0977. The van der Waals surface area contributed by atoms with E-state index in [1.54, 1.807) is 12.1 Å². The van der Waals surface area contributed by atoms with Crippen LogP contribution >= 0.6 is 0 Å². The molecule has 0 aliphatic carbocycles. The molecule has 19 heavy (non-hydrogen) atoms. The van der Waals surface area contributed by atoms with E-state index in [0.29, 0.717) is 12.0 Å². The van der Waals surface area contributed by atoms with Crippen molar-refractivity contribution < 1.29 is 9.18 Å². The van der Waals surface area contributed by atoms with E-state index in [4.69, 9.17) is 0 Å². The van der Waals surface area contributed by atoms with Gasteiger partial charge in [0.25, 0.3) is 0 Å². The number of carbonyl (C=O) groups excluding carboxylic acids is 1. The number of nitrogens with zero attached hydrogens (tertiary/aromatic N) is 1. The van der Waals surface area contributed by atoms with Gasteiger partial charge in [-0.05, 0) is 43.7 Å². The topological polar surface area (TPSA) is 32.3 Å². The average Bonchev–Trinajstić information content (AvgIpc) is 2.45. The highest BCUT2D eigenvalue weighted by molar-refractivity contribution is 5.95. The third-order valence-corrected chi connectivity index (χ3v) is 3.50. The molecule has 4 heteroatoms. The third kappa shape index (κ3) is 4.73. The lowest BCUT2D eigenvalue weighted by Crippen LogP contribution is -2.43. The molecule has 3 nitrogen and oxygen atoms in total. The summed E-state index contributed by atoms with van der Waals surface area (Å²) in [6.45, 7) is 5.40. The number of halogens is 1. The van der Waals surface area contributed by atoms with Crippen molar-refractivity contribution in [3.05, 3.63) is 35.6 Å². The number of unbranched alkanes of at least 4 members (excludes halogenated alkanes) is 1. The molecule has 0 unspecified atom stereocenters. The molecule has 1 aromatic rings. The van der Waals surface area contributed by atoms with Gasteiger partial charge in [0.15, 0.2) is 5.78 Å². The Bertz CT molecular complexity index is 399. The number of carbonyl (C=O) groups is 1. The maximum atomic E-state index is 12.7. The summed E-state index contributed by atoms with van der Waals surface area (Å²) in [5.74, 6) is -0.185. The van der Waals surface area contributed by atoms with Gasteiger partial charge in [0.05, 0.1) is 0 Å². The van der Waals surface area contributed by atoms with Gasteiger partial charge in [-0.2, -0.15) is 0 Å². The maximum absolute atomic E-state index is 12.7. The maximum Gasteiger partial charge on any atom is 0.162 e. The molecule has 1 heterocycles. The van der Waals surface area contributed by atoms with Crippen LogP contribution in [0.3, 0.4) is 0 Å². The first-order valence-corrected chi connectivity index (χ1v) is 6.97. The number of Topliss-reactive ketones (excluding diaryl/α,β-unsaturated/α-hetero) is 1. The summed E-state index contributed by atoms with van der Waals surface area (Å²) in [7, 11) is 0. The fourth-order valence-electron chi connectivity index (χ4n) is 2.34. The highest BCUT2D eigenvalue weighted by atomic mass is 19.1. The monoisotopic (exact) mass is 264 g/mol. The van der Waals surface area contributed by atoms with Crippen LogP contribution in [0.4, 0.5) is 4.39 Å². The van der Waals surface area contributed by atoms with Crippen molar-refractivity contribution in [2.45, 2.75) is 19.3 Å². The summed E-state index contributed by atoms with van der Waals surface area (Å²) in [5.41, 5.74) is 0.614. The number of ketones is 1. The van der Waals surface area contributed by atoms with Crippen molar-refractivity contribution in [1.29, 1.82) is 0 Å². The van der Waals surface area contributed by atoms with Gasteiger partial charge in [-0.15, -0.1) is 0 Å². The average molecular weight is 264 g/mol. The first-order valence-electron chi connectivity index (χ1n) is 6.97. The quantitative estimate of drug-likeness (QED) is 0.631. The molecule has 0 radical (unpaired) electrons. The normalized spacial score (nSPS) is 16.5. The number of benzene rings is 1. The lowest BCUT2D eigenvalue weighted by Gasteiger charge is -2.26. The second kappa shape index (κ2) is 7.36. The van der Waals surface area contributed by atoms with E-state index in [2.05, 4.69) is 10.2 Å². The molecule has 0 aromatic heterocycles. The van der Waals surface area contributed by atoms with E-state index in [1.807, 2.05) is 0 Å². The highest BCUT2D eigenvalue weighted by Crippen LogP contribution is 2.09. The summed E-state index contributed by atoms with van der Waals surface area (Å²) < 4.78 is 12.7. The van der Waals surface area contributed by atoms with Gasteiger partial charge in [0, 0.05) is 38.2 Å². The Hall–Kier alpha value is -1.26. The molecule has 1 N–H and O–H groups in total. The van der Waals surface area contributed by atoms with Crippen LogP contribution in [-0.4, -0.2) is 43.4 Å². The molecule has 0 saturated carbocycles. The van der Waals surface area contributed by atoms with Crippen molar-refractivity contribution in [2.75, 3.05) is 32.7 Å². The molecule has 2 rings (SSSR count). The zero-order chi connectivity index (χ0) is 13.5. The minimum Gasteiger partial charge on any atom is -0.314 e. The summed E-state index contributed by atoms with van der Waals surface area (Å²) in [4.78, 5) is 14.3. The van der Waals surface area contributed by atoms with Crippen molar-refractivity contribution in [3.8, 4) is 0 Å². The van der Waals surface area contributed by atoms with Gasteiger partial charge in [0.2, 0.25) is 0 Å². The van der Waals surface area contributed by atoms with Crippen molar-refractivity contribution >= 4 is 5.78 Å². The minimum atomic E-state index is -0.296. The number of hydrogen-bond acceptors (Lipinski definition) is 3. The fourth-order valence-corrected chi connectivity index (χ4v) is 2.34. The first-order chi connectivity index (χ1) is 9.25. The van der Waals surface area contributed by atoms with Gasteiger partial charge in [-0.3, -0.25) is 4.79 Å². The number of nitrogens with one attached hydrogen (secondary N) is 1. The Kier molecular flexibility index (Phi) is 5.48. The Labute approximate surface area is 113 Å². The molecular weight excluding hydrogens is 243 g/mol. The summed E-state index contributed by atoms with van der Waals surface area (Å²) in [6.07, 6.45) is 2.50. The molecule has 0 bridgehead atoms.